The Morgan fingerprint density at radius 2 is 2.06 bits per heavy atom. The van der Waals surface area contributed by atoms with Crippen molar-refractivity contribution in [1.82, 2.24) is 14.8 Å². The van der Waals surface area contributed by atoms with Gasteiger partial charge in [0, 0.05) is 24.2 Å². The minimum absolute atomic E-state index is 0.144. The van der Waals surface area contributed by atoms with Crippen LogP contribution < -0.4 is 5.73 Å². The lowest BCUT2D eigenvalue weighted by molar-refractivity contribution is 0.633. The summed E-state index contributed by atoms with van der Waals surface area (Å²) < 4.78 is 15.2. The molecule has 0 aliphatic carbocycles. The molecular formula is C13H11FN4. The minimum Gasteiger partial charge on any atom is -0.396 e. The fourth-order valence-electron chi connectivity index (χ4n) is 1.98. The third kappa shape index (κ3) is 1.52. The first kappa shape index (κ1) is 10.7. The van der Waals surface area contributed by atoms with Gasteiger partial charge in [-0.05, 0) is 17.7 Å². The molecule has 2 N–H and O–H groups in total. The van der Waals surface area contributed by atoms with Crippen molar-refractivity contribution in [3.8, 4) is 11.1 Å². The highest BCUT2D eigenvalue weighted by Gasteiger charge is 2.09. The average molecular weight is 242 g/mol. The van der Waals surface area contributed by atoms with Gasteiger partial charge in [0.1, 0.15) is 5.82 Å². The molecule has 3 rings (SSSR count). The van der Waals surface area contributed by atoms with E-state index in [2.05, 4.69) is 10.1 Å². The lowest BCUT2D eigenvalue weighted by Crippen LogP contribution is -1.92. The van der Waals surface area contributed by atoms with Gasteiger partial charge >= 0.3 is 0 Å². The van der Waals surface area contributed by atoms with Gasteiger partial charge in [-0.1, -0.05) is 6.07 Å². The molecule has 0 saturated heterocycles. The second-order valence-corrected chi connectivity index (χ2v) is 4.12. The maximum absolute atomic E-state index is 13.5. The summed E-state index contributed by atoms with van der Waals surface area (Å²) in [5.41, 5.74) is 8.12. The number of fused-ring (bicyclic) bond motifs is 1. The predicted molar refractivity (Wildman–Crippen MR) is 68.3 cm³/mol. The smallest absolute Gasteiger partial charge is 0.146 e. The highest BCUT2D eigenvalue weighted by molar-refractivity contribution is 5.93. The highest BCUT2D eigenvalue weighted by atomic mass is 19.1. The Labute approximate surface area is 103 Å². The molecule has 0 amide bonds. The second kappa shape index (κ2) is 3.80. The van der Waals surface area contributed by atoms with Crippen molar-refractivity contribution in [3.05, 3.63) is 42.6 Å². The molecule has 5 heteroatoms. The number of rotatable bonds is 1. The van der Waals surface area contributed by atoms with E-state index in [1.54, 1.807) is 35.4 Å². The normalized spacial score (nSPS) is 11.0. The third-order valence-electron chi connectivity index (χ3n) is 2.99. The monoisotopic (exact) mass is 242 g/mol. The molecule has 3 aromatic rings. The summed E-state index contributed by atoms with van der Waals surface area (Å²) in [5.74, 6) is -0.423. The van der Waals surface area contributed by atoms with Crippen LogP contribution in [-0.4, -0.2) is 14.8 Å². The number of nitrogens with two attached hydrogens (primary N) is 1. The van der Waals surface area contributed by atoms with Crippen LogP contribution in [0.4, 0.5) is 10.1 Å². The zero-order chi connectivity index (χ0) is 12.7. The van der Waals surface area contributed by atoms with Gasteiger partial charge < -0.3 is 5.73 Å². The quantitative estimate of drug-likeness (QED) is 0.666. The maximum atomic E-state index is 13.5. The van der Waals surface area contributed by atoms with E-state index in [0.717, 1.165) is 22.0 Å². The van der Waals surface area contributed by atoms with Crippen molar-refractivity contribution >= 4 is 16.6 Å². The van der Waals surface area contributed by atoms with Gasteiger partial charge in [0.15, 0.2) is 0 Å². The third-order valence-corrected chi connectivity index (χ3v) is 2.99. The second-order valence-electron chi connectivity index (χ2n) is 4.12. The van der Waals surface area contributed by atoms with Gasteiger partial charge in [-0.2, -0.15) is 5.10 Å². The van der Waals surface area contributed by atoms with Gasteiger partial charge in [0.05, 0.1) is 23.6 Å². The SMILES string of the molecule is Cn1ncc2c(-c3ccc(N)c(F)c3)cncc21. The molecular weight excluding hydrogens is 231 g/mol. The van der Waals surface area contributed by atoms with Crippen LogP contribution in [0.25, 0.3) is 22.0 Å². The zero-order valence-corrected chi connectivity index (χ0v) is 9.76. The molecule has 0 radical (unpaired) electrons. The summed E-state index contributed by atoms with van der Waals surface area (Å²) in [6.45, 7) is 0. The molecule has 4 nitrogen and oxygen atoms in total. The van der Waals surface area contributed by atoms with Crippen molar-refractivity contribution in [1.29, 1.82) is 0 Å². The summed E-state index contributed by atoms with van der Waals surface area (Å²) in [5, 5.41) is 5.12. The van der Waals surface area contributed by atoms with Gasteiger partial charge in [-0.3, -0.25) is 9.67 Å². The summed E-state index contributed by atoms with van der Waals surface area (Å²) in [7, 11) is 1.84. The molecule has 0 aliphatic rings. The van der Waals surface area contributed by atoms with E-state index in [4.69, 9.17) is 5.73 Å². The standard InChI is InChI=1S/C13H11FN4/c1-18-13-7-16-5-9(10(13)6-17-18)8-2-3-12(15)11(14)4-8/h2-7H,15H2,1H3. The zero-order valence-electron chi connectivity index (χ0n) is 9.76. The molecule has 0 spiro atoms. The van der Waals surface area contributed by atoms with Gasteiger partial charge in [-0.25, -0.2) is 4.39 Å². The Bertz CT molecular complexity index is 733. The maximum Gasteiger partial charge on any atom is 0.146 e. The number of hydrogen-bond donors (Lipinski definition) is 1. The molecule has 1 aromatic carbocycles. The topological polar surface area (TPSA) is 56.7 Å². The molecule has 0 aliphatic heterocycles. The molecule has 0 unspecified atom stereocenters. The van der Waals surface area contributed by atoms with Crippen LogP contribution in [-0.2, 0) is 7.05 Å². The summed E-state index contributed by atoms with van der Waals surface area (Å²) in [6, 6.07) is 4.75. The number of halogens is 1. The molecule has 0 atom stereocenters. The fourth-order valence-corrected chi connectivity index (χ4v) is 1.98. The first-order valence-corrected chi connectivity index (χ1v) is 5.48. The van der Waals surface area contributed by atoms with Crippen LogP contribution in [0, 0.1) is 5.82 Å². The largest absolute Gasteiger partial charge is 0.396 e. The summed E-state index contributed by atoms with van der Waals surface area (Å²) in [4.78, 5) is 4.16. The number of aromatic nitrogens is 3. The van der Waals surface area contributed by atoms with Crippen LogP contribution in [0.2, 0.25) is 0 Å². The van der Waals surface area contributed by atoms with Crippen LogP contribution in [0.15, 0.2) is 36.8 Å². The molecule has 2 heterocycles. The first-order chi connectivity index (χ1) is 8.66. The van der Waals surface area contributed by atoms with Crippen LogP contribution in [0.1, 0.15) is 0 Å². The van der Waals surface area contributed by atoms with Crippen LogP contribution in [0.3, 0.4) is 0 Å². The molecule has 0 saturated carbocycles. The van der Waals surface area contributed by atoms with E-state index in [-0.39, 0.29) is 5.69 Å². The number of nitrogens with zero attached hydrogens (tertiary/aromatic N) is 3. The predicted octanol–water partition coefficient (Wildman–Crippen LogP) is 2.36. The van der Waals surface area contributed by atoms with E-state index in [0.29, 0.717) is 0 Å². The van der Waals surface area contributed by atoms with Crippen molar-refractivity contribution in [3.63, 3.8) is 0 Å². The molecule has 18 heavy (non-hydrogen) atoms. The summed E-state index contributed by atoms with van der Waals surface area (Å²) in [6.07, 6.45) is 5.19. The molecule has 2 aromatic heterocycles. The van der Waals surface area contributed by atoms with Crippen LogP contribution >= 0.6 is 0 Å². The number of hydrogen-bond acceptors (Lipinski definition) is 3. The minimum atomic E-state index is -0.423. The van der Waals surface area contributed by atoms with E-state index >= 15 is 0 Å². The average Bonchev–Trinajstić information content (AvgIpc) is 2.75. The molecule has 90 valence electrons. The van der Waals surface area contributed by atoms with E-state index < -0.39 is 5.82 Å². The number of pyridine rings is 1. The van der Waals surface area contributed by atoms with Gasteiger partial charge in [0.25, 0.3) is 0 Å². The molecule has 0 bridgehead atoms. The summed E-state index contributed by atoms with van der Waals surface area (Å²) >= 11 is 0. The van der Waals surface area contributed by atoms with E-state index in [1.807, 2.05) is 7.05 Å². The number of anilines is 1. The van der Waals surface area contributed by atoms with E-state index in [9.17, 15) is 4.39 Å². The Morgan fingerprint density at radius 3 is 2.83 bits per heavy atom. The highest BCUT2D eigenvalue weighted by Crippen LogP contribution is 2.28. The van der Waals surface area contributed by atoms with Gasteiger partial charge in [-0.15, -0.1) is 0 Å². The Balaban J connectivity index is 2.28. The van der Waals surface area contributed by atoms with Gasteiger partial charge in [0.2, 0.25) is 0 Å². The Morgan fingerprint density at radius 1 is 1.22 bits per heavy atom. The molecule has 0 fully saturated rings. The van der Waals surface area contributed by atoms with Crippen molar-refractivity contribution < 1.29 is 4.39 Å². The number of benzene rings is 1. The first-order valence-electron chi connectivity index (χ1n) is 5.48. The Kier molecular flexibility index (Phi) is 2.26. The number of aryl methyl sites for hydroxylation is 1. The van der Waals surface area contributed by atoms with Crippen LogP contribution in [0.5, 0.6) is 0 Å². The van der Waals surface area contributed by atoms with E-state index in [1.165, 1.54) is 6.07 Å². The lowest BCUT2D eigenvalue weighted by atomic mass is 10.0. The Hall–Kier alpha value is -2.43. The van der Waals surface area contributed by atoms with Crippen molar-refractivity contribution in [2.45, 2.75) is 0 Å². The number of nitrogen functional groups attached to an aromatic ring is 1. The van der Waals surface area contributed by atoms with Crippen molar-refractivity contribution in [2.75, 3.05) is 5.73 Å². The van der Waals surface area contributed by atoms with Crippen molar-refractivity contribution in [2.24, 2.45) is 7.05 Å². The fraction of sp³-hybridized carbons (Fsp3) is 0.0769. The lowest BCUT2D eigenvalue weighted by Gasteiger charge is -2.04.